The molecule has 0 saturated carbocycles. The highest BCUT2D eigenvalue weighted by atomic mass is 31.1. The molecule has 0 amide bonds. The Balaban J connectivity index is 2.46. The summed E-state index contributed by atoms with van der Waals surface area (Å²) in [5.41, 5.74) is 0.747. The Hall–Kier alpha value is -1.21. The van der Waals surface area contributed by atoms with Crippen LogP contribution in [-0.4, -0.2) is 23.8 Å². The Morgan fingerprint density at radius 3 is 2.00 bits per heavy atom. The van der Waals surface area contributed by atoms with Gasteiger partial charge >= 0.3 is 11.9 Å². The van der Waals surface area contributed by atoms with E-state index in [2.05, 4.69) is 18.3 Å². The van der Waals surface area contributed by atoms with E-state index in [1.165, 1.54) is 0 Å². The van der Waals surface area contributed by atoms with Gasteiger partial charge in [-0.15, -0.1) is 8.58 Å². The zero-order chi connectivity index (χ0) is 11.1. The second-order valence-electron chi connectivity index (χ2n) is 3.70. The van der Waals surface area contributed by atoms with Crippen LogP contribution in [0.5, 0.6) is 0 Å². The summed E-state index contributed by atoms with van der Waals surface area (Å²) in [6.07, 6.45) is 7.28. The number of allylic oxidation sites excluding steroid dienone is 2. The monoisotopic (exact) mass is 222 g/mol. The van der Waals surface area contributed by atoms with E-state index in [1.54, 1.807) is 12.2 Å². The van der Waals surface area contributed by atoms with E-state index in [0.717, 1.165) is 0 Å². The molecule has 78 valence electrons. The Kier molecular flexibility index (Phi) is 2.35. The predicted molar refractivity (Wildman–Crippen MR) is 59.0 cm³/mol. The van der Waals surface area contributed by atoms with Crippen LogP contribution in [0.3, 0.4) is 0 Å². The van der Waals surface area contributed by atoms with E-state index in [4.69, 9.17) is 0 Å². The van der Waals surface area contributed by atoms with Crippen LogP contribution in [0.25, 0.3) is 0 Å². The van der Waals surface area contributed by atoms with Gasteiger partial charge in [0.05, 0.1) is 11.1 Å². The first kappa shape index (κ1) is 10.3. The van der Waals surface area contributed by atoms with Gasteiger partial charge in [-0.2, -0.15) is 0 Å². The lowest BCUT2D eigenvalue weighted by Gasteiger charge is -2.18. The minimum Gasteiger partial charge on any atom is -0.386 e. The van der Waals surface area contributed by atoms with E-state index in [0.29, 0.717) is 19.7 Å². The predicted octanol–water partition coefficient (Wildman–Crippen LogP) is 1.56. The Bertz CT molecular complexity index is 395. The van der Waals surface area contributed by atoms with E-state index in [-0.39, 0.29) is 5.16 Å². The van der Waals surface area contributed by atoms with Crippen molar-refractivity contribution < 1.29 is 14.3 Å². The van der Waals surface area contributed by atoms with Gasteiger partial charge in [0.2, 0.25) is 0 Å². The Labute approximate surface area is 89.7 Å². The van der Waals surface area contributed by atoms with Crippen molar-refractivity contribution in [1.29, 1.82) is 0 Å². The molecule has 0 bridgehead atoms. The maximum absolute atomic E-state index is 11.3. The van der Waals surface area contributed by atoms with Crippen LogP contribution in [0.2, 0.25) is 0 Å². The molecule has 2 aliphatic rings. The first-order valence-corrected chi connectivity index (χ1v) is 6.14. The van der Waals surface area contributed by atoms with Gasteiger partial charge in [0.15, 0.2) is 0 Å². The Morgan fingerprint density at radius 1 is 1.13 bits per heavy atom. The van der Waals surface area contributed by atoms with Crippen LogP contribution < -0.4 is 0 Å². The third-order valence-electron chi connectivity index (χ3n) is 2.65. The van der Waals surface area contributed by atoms with Crippen LogP contribution in [0.1, 0.15) is 6.92 Å². The van der Waals surface area contributed by atoms with Crippen molar-refractivity contribution >= 4 is 20.5 Å². The topological polar surface area (TPSA) is 43.4 Å². The van der Waals surface area contributed by atoms with E-state index in [1.807, 2.05) is 12.2 Å². The molecule has 0 N–H and O–H groups in total. The van der Waals surface area contributed by atoms with Crippen LogP contribution in [0.15, 0.2) is 35.5 Å². The number of carbonyl (C=O) groups excluding carboxylic acids is 2. The van der Waals surface area contributed by atoms with Crippen LogP contribution in [-0.2, 0) is 14.3 Å². The molecule has 0 aromatic rings. The molecular formula is C11H11O3P. The molecule has 1 atom stereocenters. The average molecular weight is 222 g/mol. The number of carbonyl (C=O) groups is 2. The van der Waals surface area contributed by atoms with E-state index >= 15 is 0 Å². The highest BCUT2D eigenvalue weighted by Gasteiger charge is 2.32. The third-order valence-corrected chi connectivity index (χ3v) is 4.06. The standard InChI is InChI=1S/C11H11O3P/c1-11(15-2)5-3-7-8(4-6-11)10(13)14-9(7)12/h3-6,15H,1-2H3. The Morgan fingerprint density at radius 2 is 1.60 bits per heavy atom. The zero-order valence-electron chi connectivity index (χ0n) is 8.53. The van der Waals surface area contributed by atoms with Crippen molar-refractivity contribution in [3.05, 3.63) is 35.5 Å². The molecule has 0 radical (unpaired) electrons. The summed E-state index contributed by atoms with van der Waals surface area (Å²) in [5, 5.41) is -0.0646. The molecule has 0 aromatic carbocycles. The van der Waals surface area contributed by atoms with Crippen molar-refractivity contribution in [2.75, 3.05) is 6.66 Å². The number of hydrogen-bond acceptors (Lipinski definition) is 3. The van der Waals surface area contributed by atoms with Crippen molar-refractivity contribution in [1.82, 2.24) is 0 Å². The van der Waals surface area contributed by atoms with E-state index < -0.39 is 11.9 Å². The summed E-state index contributed by atoms with van der Waals surface area (Å²) >= 11 is 0. The second kappa shape index (κ2) is 3.42. The second-order valence-corrected chi connectivity index (χ2v) is 5.28. The molecule has 1 aliphatic carbocycles. The summed E-state index contributed by atoms with van der Waals surface area (Å²) in [5.74, 6) is -1.08. The molecule has 0 saturated heterocycles. The van der Waals surface area contributed by atoms with Crippen molar-refractivity contribution in [2.45, 2.75) is 12.1 Å². The van der Waals surface area contributed by atoms with Crippen LogP contribution in [0.4, 0.5) is 0 Å². The van der Waals surface area contributed by atoms with Crippen molar-refractivity contribution in [3.63, 3.8) is 0 Å². The molecule has 3 nitrogen and oxygen atoms in total. The van der Waals surface area contributed by atoms with Crippen LogP contribution in [0, 0.1) is 0 Å². The van der Waals surface area contributed by atoms with Gasteiger partial charge < -0.3 is 4.74 Å². The number of esters is 2. The number of cyclic esters (lactones) is 2. The van der Waals surface area contributed by atoms with Gasteiger partial charge in [-0.1, -0.05) is 12.2 Å². The summed E-state index contributed by atoms with van der Waals surface area (Å²) < 4.78 is 4.51. The van der Waals surface area contributed by atoms with Gasteiger partial charge in [0.1, 0.15) is 0 Å². The summed E-state index contributed by atoms with van der Waals surface area (Å²) in [4.78, 5) is 22.6. The first-order valence-electron chi connectivity index (χ1n) is 4.64. The SMILES string of the molecule is CPC1(C)C=CC2=C(C=C1)C(=O)OC2=O. The van der Waals surface area contributed by atoms with Crippen LogP contribution >= 0.6 is 8.58 Å². The fraction of sp³-hybridized carbons (Fsp3) is 0.273. The summed E-state index contributed by atoms with van der Waals surface area (Å²) in [7, 11) is 0.681. The quantitative estimate of drug-likeness (QED) is 0.384. The van der Waals surface area contributed by atoms with Crippen molar-refractivity contribution in [3.8, 4) is 0 Å². The molecule has 0 aromatic heterocycles. The van der Waals surface area contributed by atoms with Gasteiger partial charge in [-0.3, -0.25) is 0 Å². The smallest absolute Gasteiger partial charge is 0.346 e. The summed E-state index contributed by atoms with van der Waals surface area (Å²) in [6.45, 7) is 4.15. The van der Waals surface area contributed by atoms with Gasteiger partial charge in [-0.25, -0.2) is 9.59 Å². The molecular weight excluding hydrogens is 211 g/mol. The lowest BCUT2D eigenvalue weighted by Crippen LogP contribution is -2.10. The molecule has 0 spiro atoms. The highest BCUT2D eigenvalue weighted by Crippen LogP contribution is 2.35. The maximum Gasteiger partial charge on any atom is 0.346 e. The normalized spacial score (nSPS) is 23.6. The van der Waals surface area contributed by atoms with Gasteiger partial charge in [0, 0.05) is 5.16 Å². The average Bonchev–Trinajstić information content (AvgIpc) is 2.37. The lowest BCUT2D eigenvalue weighted by molar-refractivity contribution is -0.150. The minimum absolute atomic E-state index is 0.0646. The molecule has 1 unspecified atom stereocenters. The van der Waals surface area contributed by atoms with Gasteiger partial charge in [0.25, 0.3) is 0 Å². The summed E-state index contributed by atoms with van der Waals surface area (Å²) in [6, 6.07) is 0. The molecule has 15 heavy (non-hydrogen) atoms. The number of hydrogen-bond donors (Lipinski definition) is 0. The molecule has 4 heteroatoms. The molecule has 2 rings (SSSR count). The van der Waals surface area contributed by atoms with Crippen molar-refractivity contribution in [2.24, 2.45) is 0 Å². The molecule has 1 aliphatic heterocycles. The van der Waals surface area contributed by atoms with E-state index in [9.17, 15) is 9.59 Å². The van der Waals surface area contributed by atoms with Gasteiger partial charge in [-0.05, 0) is 25.7 Å². The fourth-order valence-corrected chi connectivity index (χ4v) is 1.96. The minimum atomic E-state index is -0.542. The first-order chi connectivity index (χ1) is 7.06. The maximum atomic E-state index is 11.3. The fourth-order valence-electron chi connectivity index (χ4n) is 1.46. The number of rotatable bonds is 1. The number of ether oxygens (including phenoxy) is 1. The molecule has 1 heterocycles. The lowest BCUT2D eigenvalue weighted by atomic mass is 10.1. The zero-order valence-corrected chi connectivity index (χ0v) is 9.53. The third kappa shape index (κ3) is 1.68. The highest BCUT2D eigenvalue weighted by molar-refractivity contribution is 7.39. The largest absolute Gasteiger partial charge is 0.386 e. The molecule has 0 fully saturated rings.